The molecule has 0 aliphatic carbocycles. The van der Waals surface area contributed by atoms with Crippen molar-refractivity contribution in [3.8, 4) is 0 Å². The summed E-state index contributed by atoms with van der Waals surface area (Å²) in [5.41, 5.74) is -0.930. The number of nitrogens with zero attached hydrogens (tertiary/aromatic N) is 1. The summed E-state index contributed by atoms with van der Waals surface area (Å²) in [6.45, 7) is 4.01. The molecule has 0 aromatic carbocycles. The van der Waals surface area contributed by atoms with Crippen LogP contribution in [0.4, 0.5) is 0 Å². The summed E-state index contributed by atoms with van der Waals surface area (Å²) in [5.74, 6) is -1.27. The molecule has 0 radical (unpaired) electrons. The average molecular weight is 231 g/mol. The molecule has 1 atom stereocenters. The van der Waals surface area contributed by atoms with Crippen LogP contribution in [0.15, 0.2) is 0 Å². The summed E-state index contributed by atoms with van der Waals surface area (Å²) >= 11 is 0. The molecule has 6 nitrogen and oxygen atoms in total. The second-order valence-corrected chi connectivity index (χ2v) is 4.16. The fraction of sp³-hybridized carbons (Fsp3) is 0.800. The number of aliphatic carboxylic acids is 1. The van der Waals surface area contributed by atoms with Gasteiger partial charge in [0.25, 0.3) is 5.91 Å². The number of carbonyl (C=O) groups is 2. The Balaban J connectivity index is 2.67. The zero-order valence-electron chi connectivity index (χ0n) is 9.73. The first-order valence-electron chi connectivity index (χ1n) is 5.07. The lowest BCUT2D eigenvalue weighted by atomic mass is 10.1. The standard InChI is InChI=1S/C10H17NO5/c1-10(2,15-3)9(14)11-4-5-16-7(6-11)8(12)13/h7H,4-6H2,1-3H3,(H,12,13). The number of carboxylic acid groups (broad SMARTS) is 1. The van der Waals surface area contributed by atoms with E-state index in [1.54, 1.807) is 13.8 Å². The van der Waals surface area contributed by atoms with Gasteiger partial charge in [0.15, 0.2) is 6.10 Å². The Kier molecular flexibility index (Phi) is 3.88. The van der Waals surface area contributed by atoms with E-state index in [2.05, 4.69) is 0 Å². The maximum absolute atomic E-state index is 12.0. The molecule has 1 heterocycles. The van der Waals surface area contributed by atoms with Crippen LogP contribution >= 0.6 is 0 Å². The highest BCUT2D eigenvalue weighted by Gasteiger charge is 2.36. The highest BCUT2D eigenvalue weighted by molar-refractivity contribution is 5.85. The van der Waals surface area contributed by atoms with Crippen molar-refractivity contribution in [3.05, 3.63) is 0 Å². The van der Waals surface area contributed by atoms with Crippen LogP contribution in [0.1, 0.15) is 13.8 Å². The molecule has 0 aromatic rings. The molecule has 0 aromatic heterocycles. The quantitative estimate of drug-likeness (QED) is 0.723. The molecule has 16 heavy (non-hydrogen) atoms. The van der Waals surface area contributed by atoms with Gasteiger partial charge >= 0.3 is 5.97 Å². The molecular formula is C10H17NO5. The highest BCUT2D eigenvalue weighted by Crippen LogP contribution is 2.15. The van der Waals surface area contributed by atoms with E-state index in [0.29, 0.717) is 6.54 Å². The van der Waals surface area contributed by atoms with Crippen molar-refractivity contribution in [2.45, 2.75) is 25.6 Å². The minimum absolute atomic E-state index is 0.0704. The van der Waals surface area contributed by atoms with E-state index in [9.17, 15) is 9.59 Å². The Labute approximate surface area is 94.1 Å². The number of rotatable bonds is 3. The molecule has 1 fully saturated rings. The van der Waals surface area contributed by atoms with Crippen LogP contribution < -0.4 is 0 Å². The SMILES string of the molecule is COC(C)(C)C(=O)N1CCOC(C(=O)O)C1. The average Bonchev–Trinajstić information content (AvgIpc) is 2.28. The van der Waals surface area contributed by atoms with E-state index in [1.807, 2.05) is 0 Å². The lowest BCUT2D eigenvalue weighted by Gasteiger charge is -2.35. The van der Waals surface area contributed by atoms with Gasteiger partial charge < -0.3 is 19.5 Å². The first-order chi connectivity index (χ1) is 7.38. The number of carboxylic acids is 1. The molecule has 0 saturated carbocycles. The van der Waals surface area contributed by atoms with Crippen molar-refractivity contribution >= 4 is 11.9 Å². The van der Waals surface area contributed by atoms with Gasteiger partial charge in [0, 0.05) is 13.7 Å². The van der Waals surface area contributed by atoms with Crippen molar-refractivity contribution in [3.63, 3.8) is 0 Å². The number of hydrogen-bond acceptors (Lipinski definition) is 4. The number of ether oxygens (including phenoxy) is 2. The molecule has 6 heteroatoms. The van der Waals surface area contributed by atoms with Crippen LogP contribution in [-0.2, 0) is 19.1 Å². The molecule has 92 valence electrons. The molecule has 0 bridgehead atoms. The second-order valence-electron chi connectivity index (χ2n) is 4.16. The van der Waals surface area contributed by atoms with Gasteiger partial charge in [-0.3, -0.25) is 4.79 Å². The molecule has 1 rings (SSSR count). The van der Waals surface area contributed by atoms with Crippen molar-refractivity contribution < 1.29 is 24.2 Å². The van der Waals surface area contributed by atoms with Crippen LogP contribution in [0.2, 0.25) is 0 Å². The number of methoxy groups -OCH3 is 1. The van der Waals surface area contributed by atoms with Crippen molar-refractivity contribution in [2.75, 3.05) is 26.8 Å². The van der Waals surface area contributed by atoms with Gasteiger partial charge in [-0.15, -0.1) is 0 Å². The van der Waals surface area contributed by atoms with Gasteiger partial charge in [-0.25, -0.2) is 4.79 Å². The molecule has 1 saturated heterocycles. The van der Waals surface area contributed by atoms with Crippen LogP contribution in [0, 0.1) is 0 Å². The van der Waals surface area contributed by atoms with E-state index in [4.69, 9.17) is 14.6 Å². The van der Waals surface area contributed by atoms with E-state index in [-0.39, 0.29) is 19.1 Å². The molecule has 1 amide bonds. The Morgan fingerprint density at radius 2 is 2.12 bits per heavy atom. The number of amides is 1. The molecule has 1 aliphatic rings. The zero-order chi connectivity index (χ0) is 12.3. The van der Waals surface area contributed by atoms with Gasteiger partial charge in [-0.2, -0.15) is 0 Å². The van der Waals surface area contributed by atoms with Gasteiger partial charge in [-0.05, 0) is 13.8 Å². The minimum Gasteiger partial charge on any atom is -0.479 e. The first-order valence-corrected chi connectivity index (χ1v) is 5.07. The molecule has 0 spiro atoms. The Morgan fingerprint density at radius 3 is 2.62 bits per heavy atom. The summed E-state index contributed by atoms with van der Waals surface area (Å²) in [7, 11) is 1.45. The monoisotopic (exact) mass is 231 g/mol. The molecule has 1 unspecified atom stereocenters. The second kappa shape index (κ2) is 4.80. The summed E-state index contributed by atoms with van der Waals surface area (Å²) in [6.07, 6.45) is -0.939. The maximum Gasteiger partial charge on any atom is 0.334 e. The summed E-state index contributed by atoms with van der Waals surface area (Å²) in [6, 6.07) is 0. The minimum atomic E-state index is -1.05. The van der Waals surface area contributed by atoms with Gasteiger partial charge in [0.1, 0.15) is 5.60 Å². The Bertz CT molecular complexity index is 289. The normalized spacial score (nSPS) is 21.9. The molecule has 1 aliphatic heterocycles. The number of morpholine rings is 1. The van der Waals surface area contributed by atoms with Gasteiger partial charge in [0.05, 0.1) is 13.2 Å². The van der Waals surface area contributed by atoms with Crippen LogP contribution in [0.25, 0.3) is 0 Å². The van der Waals surface area contributed by atoms with Crippen LogP contribution in [0.5, 0.6) is 0 Å². The van der Waals surface area contributed by atoms with Gasteiger partial charge in [0.2, 0.25) is 0 Å². The van der Waals surface area contributed by atoms with Crippen LogP contribution in [-0.4, -0.2) is 60.4 Å². The first kappa shape index (κ1) is 12.9. The summed E-state index contributed by atoms with van der Waals surface area (Å²) in [4.78, 5) is 24.2. The molecular weight excluding hydrogens is 214 g/mol. The Hall–Kier alpha value is -1.14. The van der Waals surface area contributed by atoms with Crippen molar-refractivity contribution in [2.24, 2.45) is 0 Å². The third-order valence-electron chi connectivity index (χ3n) is 2.65. The highest BCUT2D eigenvalue weighted by atomic mass is 16.5. The lowest BCUT2D eigenvalue weighted by molar-refractivity contribution is -0.166. The Morgan fingerprint density at radius 1 is 1.50 bits per heavy atom. The summed E-state index contributed by atoms with van der Waals surface area (Å²) in [5, 5.41) is 8.80. The fourth-order valence-corrected chi connectivity index (χ4v) is 1.45. The van der Waals surface area contributed by atoms with E-state index in [0.717, 1.165) is 0 Å². The fourth-order valence-electron chi connectivity index (χ4n) is 1.45. The largest absolute Gasteiger partial charge is 0.479 e. The maximum atomic E-state index is 12.0. The van der Waals surface area contributed by atoms with Crippen molar-refractivity contribution in [1.82, 2.24) is 4.90 Å². The smallest absolute Gasteiger partial charge is 0.334 e. The number of carbonyl (C=O) groups excluding carboxylic acids is 1. The third kappa shape index (κ3) is 2.70. The van der Waals surface area contributed by atoms with Gasteiger partial charge in [-0.1, -0.05) is 0 Å². The predicted octanol–water partition coefficient (Wildman–Crippen LogP) is -0.277. The zero-order valence-corrected chi connectivity index (χ0v) is 9.73. The van der Waals surface area contributed by atoms with E-state index in [1.165, 1.54) is 12.0 Å². The topological polar surface area (TPSA) is 76.1 Å². The number of hydrogen-bond donors (Lipinski definition) is 1. The van der Waals surface area contributed by atoms with Crippen molar-refractivity contribution in [1.29, 1.82) is 0 Å². The third-order valence-corrected chi connectivity index (χ3v) is 2.65. The van der Waals surface area contributed by atoms with E-state index < -0.39 is 17.7 Å². The predicted molar refractivity (Wildman–Crippen MR) is 55.0 cm³/mol. The van der Waals surface area contributed by atoms with E-state index >= 15 is 0 Å². The lowest BCUT2D eigenvalue weighted by Crippen LogP contribution is -2.54. The summed E-state index contributed by atoms with van der Waals surface area (Å²) < 4.78 is 10.1. The molecule has 1 N–H and O–H groups in total. The van der Waals surface area contributed by atoms with Crippen LogP contribution in [0.3, 0.4) is 0 Å².